The molecule has 0 bridgehead atoms. The second kappa shape index (κ2) is 7.62. The molecule has 112 valence electrons. The Hall–Kier alpha value is -2.10. The van der Waals surface area contributed by atoms with E-state index in [1.54, 1.807) is 6.33 Å². The van der Waals surface area contributed by atoms with Crippen LogP contribution < -0.4 is 10.1 Å². The third-order valence-corrected chi connectivity index (χ3v) is 3.25. The van der Waals surface area contributed by atoms with Gasteiger partial charge in [-0.05, 0) is 31.4 Å². The molecule has 4 heteroatoms. The molecule has 0 unspecified atom stereocenters. The molecule has 1 heterocycles. The minimum absolute atomic E-state index is 0.653. The fourth-order valence-corrected chi connectivity index (χ4v) is 2.13. The number of para-hydroxylation sites is 1. The largest absolute Gasteiger partial charge is 0.438 e. The van der Waals surface area contributed by atoms with E-state index in [0.717, 1.165) is 48.5 Å². The van der Waals surface area contributed by atoms with Gasteiger partial charge in [0, 0.05) is 6.54 Å². The van der Waals surface area contributed by atoms with Crippen molar-refractivity contribution < 1.29 is 4.74 Å². The average molecular weight is 285 g/mol. The molecule has 1 aromatic heterocycles. The van der Waals surface area contributed by atoms with Crippen LogP contribution in [-0.4, -0.2) is 16.5 Å². The first kappa shape index (κ1) is 15.3. The lowest BCUT2D eigenvalue weighted by Crippen LogP contribution is -2.08. The van der Waals surface area contributed by atoms with Gasteiger partial charge >= 0.3 is 0 Å². The van der Waals surface area contributed by atoms with Gasteiger partial charge in [-0.2, -0.15) is 0 Å². The molecule has 4 nitrogen and oxygen atoms in total. The maximum absolute atomic E-state index is 6.02. The van der Waals surface area contributed by atoms with Gasteiger partial charge in [0.15, 0.2) is 0 Å². The van der Waals surface area contributed by atoms with Gasteiger partial charge in [0.1, 0.15) is 17.9 Å². The quantitative estimate of drug-likeness (QED) is 0.821. The number of nitrogens with one attached hydrogen (secondary N) is 1. The van der Waals surface area contributed by atoms with Crippen LogP contribution in [0.3, 0.4) is 0 Å². The number of ether oxygens (including phenoxy) is 1. The Bertz CT molecular complexity index is 584. The summed E-state index contributed by atoms with van der Waals surface area (Å²) in [6, 6.07) is 7.97. The monoisotopic (exact) mass is 285 g/mol. The zero-order valence-electron chi connectivity index (χ0n) is 13.0. The van der Waals surface area contributed by atoms with Gasteiger partial charge < -0.3 is 10.1 Å². The van der Waals surface area contributed by atoms with Crippen LogP contribution in [0.4, 0.5) is 5.82 Å². The van der Waals surface area contributed by atoms with Gasteiger partial charge in [0.2, 0.25) is 5.88 Å². The number of anilines is 1. The first-order valence-corrected chi connectivity index (χ1v) is 7.57. The summed E-state index contributed by atoms with van der Waals surface area (Å²) in [4.78, 5) is 8.69. The van der Waals surface area contributed by atoms with E-state index in [2.05, 4.69) is 29.1 Å². The summed E-state index contributed by atoms with van der Waals surface area (Å²) < 4.78 is 6.02. The Balaban J connectivity index is 2.31. The van der Waals surface area contributed by atoms with Crippen LogP contribution in [0.5, 0.6) is 11.6 Å². The molecule has 0 saturated carbocycles. The lowest BCUT2D eigenvalue weighted by Gasteiger charge is -2.14. The third-order valence-electron chi connectivity index (χ3n) is 3.25. The molecule has 0 aliphatic heterocycles. The molecule has 0 spiro atoms. The van der Waals surface area contributed by atoms with E-state index in [-0.39, 0.29) is 0 Å². The maximum Gasteiger partial charge on any atom is 0.227 e. The number of aromatic nitrogens is 2. The normalized spacial score (nSPS) is 10.4. The lowest BCUT2D eigenvalue weighted by molar-refractivity contribution is 0.451. The fraction of sp³-hybridized carbons (Fsp3) is 0.412. The maximum atomic E-state index is 6.02. The first-order valence-electron chi connectivity index (χ1n) is 7.57. The summed E-state index contributed by atoms with van der Waals surface area (Å²) in [6.07, 6.45) is 4.54. The Morgan fingerprint density at radius 2 is 1.90 bits per heavy atom. The summed E-state index contributed by atoms with van der Waals surface area (Å²) in [5.74, 6) is 2.38. The summed E-state index contributed by atoms with van der Waals surface area (Å²) >= 11 is 0. The van der Waals surface area contributed by atoms with Crippen LogP contribution in [0, 0.1) is 6.92 Å². The van der Waals surface area contributed by atoms with Crippen molar-refractivity contribution in [3.8, 4) is 11.6 Å². The molecule has 1 N–H and O–H groups in total. The number of hydrogen-bond donors (Lipinski definition) is 1. The van der Waals surface area contributed by atoms with Gasteiger partial charge in [-0.15, -0.1) is 0 Å². The standard InChI is InChI=1S/C17H23N3O/c1-4-8-14-16(18-11-5-2)19-12-20-17(14)21-15-10-7-6-9-13(15)3/h6-7,9-10,12H,4-5,8,11H2,1-3H3,(H,18,19,20). The molecule has 1 aromatic carbocycles. The van der Waals surface area contributed by atoms with Gasteiger partial charge in [0.25, 0.3) is 0 Å². The first-order chi connectivity index (χ1) is 10.3. The second-order valence-corrected chi connectivity index (χ2v) is 5.05. The minimum Gasteiger partial charge on any atom is -0.438 e. The van der Waals surface area contributed by atoms with E-state index in [9.17, 15) is 0 Å². The van der Waals surface area contributed by atoms with Crippen LogP contribution >= 0.6 is 0 Å². The van der Waals surface area contributed by atoms with Crippen LogP contribution in [0.25, 0.3) is 0 Å². The molecule has 2 aromatic rings. The summed E-state index contributed by atoms with van der Waals surface area (Å²) in [7, 11) is 0. The van der Waals surface area contributed by atoms with Gasteiger partial charge in [0.05, 0.1) is 5.56 Å². The van der Waals surface area contributed by atoms with Crippen molar-refractivity contribution in [3.63, 3.8) is 0 Å². The Kier molecular flexibility index (Phi) is 5.55. The van der Waals surface area contributed by atoms with Crippen molar-refractivity contribution in [2.24, 2.45) is 0 Å². The molecule has 0 radical (unpaired) electrons. The van der Waals surface area contributed by atoms with Crippen molar-refractivity contribution in [3.05, 3.63) is 41.7 Å². The van der Waals surface area contributed by atoms with E-state index in [0.29, 0.717) is 5.88 Å². The molecular formula is C17H23N3O. The van der Waals surface area contributed by atoms with Crippen LogP contribution in [0.1, 0.15) is 37.8 Å². The number of aryl methyl sites for hydroxylation is 1. The predicted molar refractivity (Wildman–Crippen MR) is 86.1 cm³/mol. The molecule has 0 amide bonds. The molecule has 0 aliphatic carbocycles. The van der Waals surface area contributed by atoms with E-state index in [1.165, 1.54) is 0 Å². The zero-order valence-corrected chi connectivity index (χ0v) is 13.0. The number of benzene rings is 1. The highest BCUT2D eigenvalue weighted by atomic mass is 16.5. The Morgan fingerprint density at radius 1 is 1.10 bits per heavy atom. The van der Waals surface area contributed by atoms with Crippen molar-refractivity contribution in [2.75, 3.05) is 11.9 Å². The van der Waals surface area contributed by atoms with Crippen LogP contribution in [-0.2, 0) is 6.42 Å². The fourth-order valence-electron chi connectivity index (χ4n) is 2.13. The third kappa shape index (κ3) is 3.94. The Morgan fingerprint density at radius 3 is 2.62 bits per heavy atom. The highest BCUT2D eigenvalue weighted by Crippen LogP contribution is 2.29. The van der Waals surface area contributed by atoms with Crippen LogP contribution in [0.15, 0.2) is 30.6 Å². The zero-order chi connectivity index (χ0) is 15.1. The van der Waals surface area contributed by atoms with Crippen LogP contribution in [0.2, 0.25) is 0 Å². The number of rotatable bonds is 7. The SMILES string of the molecule is CCCNc1ncnc(Oc2ccccc2C)c1CCC. The lowest BCUT2D eigenvalue weighted by atomic mass is 10.1. The molecule has 0 saturated heterocycles. The topological polar surface area (TPSA) is 47.0 Å². The molecule has 0 aliphatic rings. The Labute approximate surface area is 126 Å². The van der Waals surface area contributed by atoms with E-state index < -0.39 is 0 Å². The van der Waals surface area contributed by atoms with Crippen molar-refractivity contribution in [1.29, 1.82) is 0 Å². The molecule has 0 atom stereocenters. The molecular weight excluding hydrogens is 262 g/mol. The smallest absolute Gasteiger partial charge is 0.227 e. The molecule has 21 heavy (non-hydrogen) atoms. The number of hydrogen-bond acceptors (Lipinski definition) is 4. The van der Waals surface area contributed by atoms with E-state index in [4.69, 9.17) is 4.74 Å². The van der Waals surface area contributed by atoms with E-state index >= 15 is 0 Å². The predicted octanol–water partition coefficient (Wildman–Crippen LogP) is 4.35. The summed E-state index contributed by atoms with van der Waals surface area (Å²) in [6.45, 7) is 7.22. The van der Waals surface area contributed by atoms with Gasteiger partial charge in [-0.3, -0.25) is 0 Å². The number of nitrogens with zero attached hydrogens (tertiary/aromatic N) is 2. The highest BCUT2D eigenvalue weighted by molar-refractivity contribution is 5.50. The average Bonchev–Trinajstić information content (AvgIpc) is 2.50. The molecule has 2 rings (SSSR count). The van der Waals surface area contributed by atoms with Gasteiger partial charge in [-0.25, -0.2) is 9.97 Å². The highest BCUT2D eigenvalue weighted by Gasteiger charge is 2.13. The second-order valence-electron chi connectivity index (χ2n) is 5.05. The molecule has 0 fully saturated rings. The minimum atomic E-state index is 0.653. The van der Waals surface area contributed by atoms with E-state index in [1.807, 2.05) is 31.2 Å². The summed E-state index contributed by atoms with van der Waals surface area (Å²) in [5.41, 5.74) is 2.15. The van der Waals surface area contributed by atoms with Crippen molar-refractivity contribution >= 4 is 5.82 Å². The van der Waals surface area contributed by atoms with Gasteiger partial charge in [-0.1, -0.05) is 38.5 Å². The summed E-state index contributed by atoms with van der Waals surface area (Å²) in [5, 5.41) is 3.36. The van der Waals surface area contributed by atoms with Crippen molar-refractivity contribution in [1.82, 2.24) is 9.97 Å². The van der Waals surface area contributed by atoms with Crippen molar-refractivity contribution in [2.45, 2.75) is 40.0 Å².